The Bertz CT molecular complexity index is 1670. The molecule has 8 heteroatoms. The second-order valence-corrected chi connectivity index (χ2v) is 12.1. The molecule has 7 nitrogen and oxygen atoms in total. The van der Waals surface area contributed by atoms with Gasteiger partial charge in [0.15, 0.2) is 5.82 Å². The van der Waals surface area contributed by atoms with Crippen LogP contribution in [0.5, 0.6) is 0 Å². The molecule has 2 aliphatic rings. The number of anilines is 1. The molecule has 3 N–H and O–H groups in total. The van der Waals surface area contributed by atoms with Crippen LogP contribution in [-0.2, 0) is 0 Å². The zero-order valence-electron chi connectivity index (χ0n) is 22.3. The van der Waals surface area contributed by atoms with Crippen molar-refractivity contribution in [2.24, 2.45) is 11.3 Å². The largest absolute Gasteiger partial charge is 0.369 e. The lowest BCUT2D eigenvalue weighted by Crippen LogP contribution is -2.45. The lowest BCUT2D eigenvalue weighted by Gasteiger charge is -2.39. The highest BCUT2D eigenvalue weighted by molar-refractivity contribution is 6.30. The standard InChI is InChI=1S/C31H32ClN7/c1-31(2)17-33-11-9-20(31)14-36-30-27-24(18-3-4-18)15-34-16-26(27)38-29(39-30)22-10-12-35-28-23(22)13-25(37-28)19-5-7-21(32)8-6-19/h5-8,10,12-13,15-16,18,20,33H,3-4,9,11,14,17H2,1-2H3,(H,35,37)(H,36,38,39). The van der Waals surface area contributed by atoms with E-state index in [0.29, 0.717) is 22.7 Å². The van der Waals surface area contributed by atoms with E-state index in [9.17, 15) is 0 Å². The number of nitrogens with one attached hydrogen (secondary N) is 3. The van der Waals surface area contributed by atoms with Crippen molar-refractivity contribution in [3.8, 4) is 22.6 Å². The van der Waals surface area contributed by atoms with Gasteiger partial charge in [0.05, 0.1) is 11.7 Å². The van der Waals surface area contributed by atoms with Crippen LogP contribution in [0, 0.1) is 11.3 Å². The molecule has 0 radical (unpaired) electrons. The van der Waals surface area contributed by atoms with Crippen LogP contribution in [0.1, 0.15) is 44.6 Å². The van der Waals surface area contributed by atoms with Gasteiger partial charge in [0.25, 0.3) is 0 Å². The highest BCUT2D eigenvalue weighted by Gasteiger charge is 2.33. The maximum atomic E-state index is 6.12. The number of hydrogen-bond donors (Lipinski definition) is 3. The second-order valence-electron chi connectivity index (χ2n) is 11.6. The van der Waals surface area contributed by atoms with Crippen LogP contribution in [-0.4, -0.2) is 44.6 Å². The molecule has 1 unspecified atom stereocenters. The Morgan fingerprint density at radius 3 is 2.69 bits per heavy atom. The van der Waals surface area contributed by atoms with Crippen LogP contribution in [0.3, 0.4) is 0 Å². The summed E-state index contributed by atoms with van der Waals surface area (Å²) in [5.41, 5.74) is 6.14. The predicted octanol–water partition coefficient (Wildman–Crippen LogP) is 6.81. The van der Waals surface area contributed by atoms with Crippen LogP contribution in [0.2, 0.25) is 5.02 Å². The molecule has 1 aromatic carbocycles. The molecular formula is C31H32ClN7. The van der Waals surface area contributed by atoms with E-state index in [2.05, 4.69) is 45.5 Å². The summed E-state index contributed by atoms with van der Waals surface area (Å²) < 4.78 is 0. The Labute approximate surface area is 232 Å². The van der Waals surface area contributed by atoms with Gasteiger partial charge in [-0.25, -0.2) is 15.0 Å². The average Bonchev–Trinajstić information content (AvgIpc) is 3.69. The zero-order chi connectivity index (χ0) is 26.6. The Balaban J connectivity index is 1.33. The first-order chi connectivity index (χ1) is 19.0. The van der Waals surface area contributed by atoms with Crippen LogP contribution in [0.4, 0.5) is 5.82 Å². The predicted molar refractivity (Wildman–Crippen MR) is 158 cm³/mol. The molecule has 1 aliphatic heterocycles. The second kappa shape index (κ2) is 9.57. The summed E-state index contributed by atoms with van der Waals surface area (Å²) in [7, 11) is 0. The molecule has 7 rings (SSSR count). The van der Waals surface area contributed by atoms with Crippen molar-refractivity contribution in [2.45, 2.75) is 39.0 Å². The van der Waals surface area contributed by atoms with E-state index in [1.54, 1.807) is 0 Å². The molecule has 39 heavy (non-hydrogen) atoms. The fourth-order valence-electron chi connectivity index (χ4n) is 5.89. The lowest BCUT2D eigenvalue weighted by molar-refractivity contribution is 0.166. The zero-order valence-corrected chi connectivity index (χ0v) is 23.0. The van der Waals surface area contributed by atoms with Crippen molar-refractivity contribution in [1.82, 2.24) is 30.2 Å². The van der Waals surface area contributed by atoms with Gasteiger partial charge < -0.3 is 15.6 Å². The van der Waals surface area contributed by atoms with E-state index in [1.165, 1.54) is 18.4 Å². The number of benzene rings is 1. The summed E-state index contributed by atoms with van der Waals surface area (Å²) in [6.07, 6.45) is 9.25. The van der Waals surface area contributed by atoms with Crippen molar-refractivity contribution < 1.29 is 0 Å². The van der Waals surface area contributed by atoms with Crippen LogP contribution in [0.15, 0.2) is 55.0 Å². The van der Waals surface area contributed by atoms with Crippen LogP contribution < -0.4 is 10.6 Å². The smallest absolute Gasteiger partial charge is 0.163 e. The number of aromatic nitrogens is 5. The third-order valence-electron chi connectivity index (χ3n) is 8.45. The molecule has 0 amide bonds. The first-order valence-corrected chi connectivity index (χ1v) is 14.2. The highest BCUT2D eigenvalue weighted by atomic mass is 35.5. The van der Waals surface area contributed by atoms with Crippen molar-refractivity contribution in [2.75, 3.05) is 25.0 Å². The van der Waals surface area contributed by atoms with E-state index in [1.807, 2.05) is 48.9 Å². The number of aromatic amines is 1. The number of hydrogen-bond acceptors (Lipinski definition) is 6. The van der Waals surface area contributed by atoms with Gasteiger partial charge in [-0.1, -0.05) is 37.6 Å². The van der Waals surface area contributed by atoms with Gasteiger partial charge in [-0.3, -0.25) is 4.98 Å². The molecule has 1 saturated carbocycles. The SMILES string of the molecule is CC1(C)CNCCC1CNc1nc(-c2ccnc3[nH]c(-c4ccc(Cl)cc4)cc23)nc2cncc(C3CC3)c12. The third kappa shape index (κ3) is 4.64. The third-order valence-corrected chi connectivity index (χ3v) is 8.70. The first kappa shape index (κ1) is 24.5. The number of piperidine rings is 1. The molecule has 5 aromatic rings. The monoisotopic (exact) mass is 537 g/mol. The van der Waals surface area contributed by atoms with Crippen molar-refractivity contribution in [3.63, 3.8) is 0 Å². The van der Waals surface area contributed by atoms with E-state index in [-0.39, 0.29) is 5.41 Å². The Morgan fingerprint density at radius 1 is 1.05 bits per heavy atom. The fourth-order valence-corrected chi connectivity index (χ4v) is 6.01. The summed E-state index contributed by atoms with van der Waals surface area (Å²) in [6.45, 7) is 7.67. The number of nitrogens with zero attached hydrogens (tertiary/aromatic N) is 4. The number of fused-ring (bicyclic) bond motifs is 2. The molecule has 4 aromatic heterocycles. The topological polar surface area (TPSA) is 91.4 Å². The maximum Gasteiger partial charge on any atom is 0.163 e. The van der Waals surface area contributed by atoms with Crippen LogP contribution in [0.25, 0.3) is 44.6 Å². The lowest BCUT2D eigenvalue weighted by atomic mass is 9.74. The van der Waals surface area contributed by atoms with Gasteiger partial charge in [0.2, 0.25) is 0 Å². The van der Waals surface area contributed by atoms with Gasteiger partial charge in [0.1, 0.15) is 11.5 Å². The number of pyridine rings is 2. The molecule has 0 bridgehead atoms. The minimum absolute atomic E-state index is 0.220. The molecule has 1 saturated heterocycles. The molecule has 1 atom stereocenters. The summed E-state index contributed by atoms with van der Waals surface area (Å²) in [5, 5.41) is 10.2. The quantitative estimate of drug-likeness (QED) is 0.220. The number of H-pyrrole nitrogens is 1. The number of halogens is 1. The first-order valence-electron chi connectivity index (χ1n) is 13.8. The maximum absolute atomic E-state index is 6.12. The summed E-state index contributed by atoms with van der Waals surface area (Å²) >= 11 is 6.12. The van der Waals surface area contributed by atoms with Gasteiger partial charge in [-0.05, 0) is 78.5 Å². The van der Waals surface area contributed by atoms with Crippen LogP contribution >= 0.6 is 11.6 Å². The van der Waals surface area contributed by atoms with Gasteiger partial charge >= 0.3 is 0 Å². The van der Waals surface area contributed by atoms with E-state index < -0.39 is 0 Å². The van der Waals surface area contributed by atoms with E-state index >= 15 is 0 Å². The fraction of sp³-hybridized carbons (Fsp3) is 0.355. The Hall–Kier alpha value is -3.55. The molecule has 5 heterocycles. The van der Waals surface area contributed by atoms with Crippen molar-refractivity contribution in [1.29, 1.82) is 0 Å². The minimum atomic E-state index is 0.220. The summed E-state index contributed by atoms with van der Waals surface area (Å²) in [5.74, 6) is 2.69. The van der Waals surface area contributed by atoms with Gasteiger partial charge in [-0.15, -0.1) is 0 Å². The molecule has 1 aliphatic carbocycles. The van der Waals surface area contributed by atoms with E-state index in [4.69, 9.17) is 21.6 Å². The summed E-state index contributed by atoms with van der Waals surface area (Å²) in [6, 6.07) is 11.9. The molecule has 0 spiro atoms. The normalized spacial score (nSPS) is 19.0. The number of rotatable bonds is 6. The highest BCUT2D eigenvalue weighted by Crippen LogP contribution is 2.44. The summed E-state index contributed by atoms with van der Waals surface area (Å²) in [4.78, 5) is 22.9. The Kier molecular flexibility index (Phi) is 6.01. The Morgan fingerprint density at radius 2 is 1.90 bits per heavy atom. The van der Waals surface area contributed by atoms with Crippen molar-refractivity contribution in [3.05, 3.63) is 65.6 Å². The average molecular weight is 538 g/mol. The molecule has 198 valence electrons. The molecular weight excluding hydrogens is 506 g/mol. The van der Waals surface area contributed by atoms with Crippen molar-refractivity contribution >= 4 is 39.4 Å². The van der Waals surface area contributed by atoms with E-state index in [0.717, 1.165) is 70.6 Å². The van der Waals surface area contributed by atoms with Gasteiger partial charge in [-0.2, -0.15) is 0 Å². The molecule has 2 fully saturated rings. The minimum Gasteiger partial charge on any atom is -0.369 e. The van der Waals surface area contributed by atoms with Gasteiger partial charge in [0, 0.05) is 52.5 Å².